The molecule has 0 aliphatic carbocycles. The van der Waals surface area contributed by atoms with Gasteiger partial charge in [0.25, 0.3) is 0 Å². The molecule has 0 bridgehead atoms. The minimum absolute atomic E-state index is 0.0524. The van der Waals surface area contributed by atoms with Gasteiger partial charge >= 0.3 is 6.61 Å². The Kier molecular flexibility index (Phi) is 6.80. The van der Waals surface area contributed by atoms with Crippen molar-refractivity contribution in [1.29, 1.82) is 0 Å². The number of nitrogens with one attached hydrogen (secondary N) is 1. The molecule has 1 aromatic carbocycles. The number of alkyl halides is 2. The molecule has 0 radical (unpaired) electrons. The van der Waals surface area contributed by atoms with E-state index in [9.17, 15) is 19.0 Å². The predicted molar refractivity (Wildman–Crippen MR) is 73.7 cm³/mol. The third kappa shape index (κ3) is 4.52. The zero-order valence-corrected chi connectivity index (χ0v) is 12.1. The lowest BCUT2D eigenvalue weighted by atomic mass is 9.98. The smallest absolute Gasteiger partial charge is 0.387 e. The Labute approximate surface area is 122 Å². The van der Waals surface area contributed by atoms with Crippen LogP contribution in [0.2, 0.25) is 0 Å². The number of hydrogen-bond donors (Lipinski definition) is 3. The van der Waals surface area contributed by atoms with Gasteiger partial charge in [0.15, 0.2) is 11.5 Å². The molecule has 0 aromatic heterocycles. The molecule has 1 aromatic rings. The molecule has 5 nitrogen and oxygen atoms in total. The summed E-state index contributed by atoms with van der Waals surface area (Å²) in [6.45, 7) is -1.55. The van der Waals surface area contributed by atoms with Crippen LogP contribution in [0.4, 0.5) is 8.78 Å². The van der Waals surface area contributed by atoms with Crippen LogP contribution in [0.15, 0.2) is 18.2 Å². The average Bonchev–Trinajstić information content (AvgIpc) is 2.50. The maximum Gasteiger partial charge on any atom is 0.387 e. The highest BCUT2D eigenvalue weighted by molar-refractivity contribution is 5.46. The summed E-state index contributed by atoms with van der Waals surface area (Å²) >= 11 is 0. The summed E-state index contributed by atoms with van der Waals surface area (Å²) < 4.78 is 34.5. The fourth-order valence-corrected chi connectivity index (χ4v) is 1.88. The Hall–Kier alpha value is -1.44. The van der Waals surface area contributed by atoms with Crippen LogP contribution in [0.1, 0.15) is 18.9 Å². The lowest BCUT2D eigenvalue weighted by Crippen LogP contribution is -2.50. The second-order valence-electron chi connectivity index (χ2n) is 4.63. The molecule has 21 heavy (non-hydrogen) atoms. The van der Waals surface area contributed by atoms with Gasteiger partial charge in [0.2, 0.25) is 0 Å². The summed E-state index contributed by atoms with van der Waals surface area (Å²) in [6.07, 6.45) is 0.481. The van der Waals surface area contributed by atoms with E-state index in [2.05, 4.69) is 10.1 Å². The average molecular weight is 305 g/mol. The zero-order valence-electron chi connectivity index (χ0n) is 12.1. The number of aliphatic hydroxyl groups excluding tert-OH is 2. The largest absolute Gasteiger partial charge is 0.493 e. The number of para-hydroxylation sites is 1. The van der Waals surface area contributed by atoms with E-state index in [0.29, 0.717) is 12.0 Å². The van der Waals surface area contributed by atoms with Crippen molar-refractivity contribution >= 4 is 0 Å². The lowest BCUT2D eigenvalue weighted by Gasteiger charge is -2.30. The van der Waals surface area contributed by atoms with E-state index in [1.807, 2.05) is 6.92 Å². The monoisotopic (exact) mass is 305 g/mol. The molecule has 0 spiro atoms. The van der Waals surface area contributed by atoms with E-state index < -0.39 is 12.2 Å². The number of benzene rings is 1. The third-order valence-corrected chi connectivity index (χ3v) is 3.42. The van der Waals surface area contributed by atoms with Gasteiger partial charge < -0.3 is 25.0 Å². The Morgan fingerprint density at radius 1 is 1.29 bits per heavy atom. The molecule has 0 amide bonds. The molecule has 0 aliphatic rings. The van der Waals surface area contributed by atoms with Crippen LogP contribution >= 0.6 is 0 Å². The number of methoxy groups -OCH3 is 1. The van der Waals surface area contributed by atoms with Crippen LogP contribution in [-0.2, 0) is 6.54 Å². The van der Waals surface area contributed by atoms with Gasteiger partial charge in [-0.05, 0) is 12.5 Å². The maximum atomic E-state index is 12.5. The number of aliphatic hydroxyl groups is 2. The molecule has 3 N–H and O–H groups in total. The molecule has 0 unspecified atom stereocenters. The summed E-state index contributed by atoms with van der Waals surface area (Å²) in [6, 6.07) is 4.79. The van der Waals surface area contributed by atoms with Crippen molar-refractivity contribution in [3.05, 3.63) is 23.8 Å². The fraction of sp³-hybridized carbons (Fsp3) is 0.571. The van der Waals surface area contributed by atoms with Crippen molar-refractivity contribution in [2.24, 2.45) is 0 Å². The van der Waals surface area contributed by atoms with E-state index in [1.165, 1.54) is 13.2 Å². The Balaban J connectivity index is 2.97. The topological polar surface area (TPSA) is 71.0 Å². The molecule has 0 heterocycles. The second-order valence-corrected chi connectivity index (χ2v) is 4.63. The molecule has 0 saturated carbocycles. The van der Waals surface area contributed by atoms with Crippen molar-refractivity contribution in [3.8, 4) is 11.5 Å². The van der Waals surface area contributed by atoms with Gasteiger partial charge in [-0.3, -0.25) is 0 Å². The van der Waals surface area contributed by atoms with E-state index >= 15 is 0 Å². The molecule has 0 atom stereocenters. The molecule has 1 rings (SSSR count). The minimum atomic E-state index is -2.97. The van der Waals surface area contributed by atoms with Crippen LogP contribution in [0.5, 0.6) is 11.5 Å². The normalized spacial score (nSPS) is 11.8. The van der Waals surface area contributed by atoms with Crippen molar-refractivity contribution < 1.29 is 28.5 Å². The van der Waals surface area contributed by atoms with Crippen LogP contribution in [0.25, 0.3) is 0 Å². The van der Waals surface area contributed by atoms with Crippen molar-refractivity contribution in [2.45, 2.75) is 32.0 Å². The standard InChI is InChI=1S/C14H21F2NO4/c1-3-14(8-18,9-19)17-7-10-5-4-6-11(20-2)12(10)21-13(15)16/h4-6,13,17-19H,3,7-9H2,1-2H3. The van der Waals surface area contributed by atoms with Gasteiger partial charge in [-0.15, -0.1) is 0 Å². The quantitative estimate of drug-likeness (QED) is 0.645. The summed E-state index contributed by atoms with van der Waals surface area (Å²) in [5.41, 5.74) is -0.417. The molecule has 0 fully saturated rings. The van der Waals surface area contributed by atoms with Crippen LogP contribution in [0, 0.1) is 0 Å². The highest BCUT2D eigenvalue weighted by Crippen LogP contribution is 2.32. The van der Waals surface area contributed by atoms with Crippen LogP contribution in [0.3, 0.4) is 0 Å². The Bertz CT molecular complexity index is 431. The molecule has 120 valence electrons. The first kappa shape index (κ1) is 17.6. The predicted octanol–water partition coefficient (Wildman–Crippen LogP) is 1.52. The molecule has 7 heteroatoms. The van der Waals surface area contributed by atoms with Crippen LogP contribution in [-0.4, -0.2) is 42.7 Å². The van der Waals surface area contributed by atoms with Crippen LogP contribution < -0.4 is 14.8 Å². The highest BCUT2D eigenvalue weighted by atomic mass is 19.3. The zero-order chi connectivity index (χ0) is 15.9. The first-order valence-electron chi connectivity index (χ1n) is 6.59. The van der Waals surface area contributed by atoms with Gasteiger partial charge in [0.05, 0.1) is 25.9 Å². The minimum Gasteiger partial charge on any atom is -0.493 e. The Morgan fingerprint density at radius 3 is 2.43 bits per heavy atom. The first-order chi connectivity index (χ1) is 10.0. The lowest BCUT2D eigenvalue weighted by molar-refractivity contribution is -0.0520. The van der Waals surface area contributed by atoms with Gasteiger partial charge in [-0.2, -0.15) is 8.78 Å². The Morgan fingerprint density at radius 2 is 1.95 bits per heavy atom. The number of halogens is 2. The van der Waals surface area contributed by atoms with E-state index in [1.54, 1.807) is 12.1 Å². The van der Waals surface area contributed by atoms with Gasteiger partial charge in [0.1, 0.15) is 0 Å². The summed E-state index contributed by atoms with van der Waals surface area (Å²) in [5.74, 6) is 0.146. The van der Waals surface area contributed by atoms with E-state index in [4.69, 9.17) is 4.74 Å². The SMILES string of the molecule is CCC(CO)(CO)NCc1cccc(OC)c1OC(F)F. The molecular weight excluding hydrogens is 284 g/mol. The summed E-state index contributed by atoms with van der Waals surface area (Å²) in [4.78, 5) is 0. The molecule has 0 aliphatic heterocycles. The van der Waals surface area contributed by atoms with Gasteiger partial charge in [0, 0.05) is 12.1 Å². The van der Waals surface area contributed by atoms with Crippen molar-refractivity contribution in [3.63, 3.8) is 0 Å². The van der Waals surface area contributed by atoms with E-state index in [-0.39, 0.29) is 31.3 Å². The summed E-state index contributed by atoms with van der Waals surface area (Å²) in [5, 5.41) is 21.7. The van der Waals surface area contributed by atoms with Gasteiger partial charge in [-0.1, -0.05) is 19.1 Å². The van der Waals surface area contributed by atoms with Gasteiger partial charge in [-0.25, -0.2) is 0 Å². The summed E-state index contributed by atoms with van der Waals surface area (Å²) in [7, 11) is 1.36. The third-order valence-electron chi connectivity index (χ3n) is 3.42. The fourth-order valence-electron chi connectivity index (χ4n) is 1.88. The van der Waals surface area contributed by atoms with E-state index in [0.717, 1.165) is 0 Å². The highest BCUT2D eigenvalue weighted by Gasteiger charge is 2.26. The maximum absolute atomic E-state index is 12.5. The molecular formula is C14H21F2NO4. The number of rotatable bonds is 9. The molecule has 0 saturated heterocycles. The first-order valence-corrected chi connectivity index (χ1v) is 6.59. The second kappa shape index (κ2) is 8.11. The number of hydrogen-bond acceptors (Lipinski definition) is 5. The number of ether oxygens (including phenoxy) is 2. The van der Waals surface area contributed by atoms with Crippen molar-refractivity contribution in [1.82, 2.24) is 5.32 Å². The van der Waals surface area contributed by atoms with Crippen molar-refractivity contribution in [2.75, 3.05) is 20.3 Å².